The fourth-order valence-electron chi connectivity index (χ4n) is 13.9. The van der Waals surface area contributed by atoms with E-state index in [2.05, 4.69) is 259 Å². The van der Waals surface area contributed by atoms with Crippen molar-refractivity contribution in [3.8, 4) is 11.5 Å². The zero-order chi connectivity index (χ0) is 51.0. The average molecular weight is 1000 g/mol. The quantitative estimate of drug-likeness (QED) is 0.0979. The lowest BCUT2D eigenvalue weighted by molar-refractivity contribution is 0.606. The van der Waals surface area contributed by atoms with Crippen LogP contribution in [0, 0.1) is 11.5 Å². The molecule has 4 heterocycles. The Labute approximate surface area is 447 Å². The Morgan fingerprint density at radius 1 is 0.519 bits per heavy atom. The maximum Gasteiger partial charge on any atom is 0.230 e. The summed E-state index contributed by atoms with van der Waals surface area (Å²) >= 11 is 0. The van der Waals surface area contributed by atoms with E-state index in [1.165, 1.54) is 87.5 Å². The van der Waals surface area contributed by atoms with E-state index in [1.807, 2.05) is 12.1 Å². The van der Waals surface area contributed by atoms with Crippen molar-refractivity contribution in [2.24, 2.45) is 0 Å². The summed E-state index contributed by atoms with van der Waals surface area (Å²) in [6.45, 7) is 4.88. The molecule has 0 spiro atoms. The van der Waals surface area contributed by atoms with Crippen LogP contribution in [0.5, 0.6) is 0 Å². The summed E-state index contributed by atoms with van der Waals surface area (Å²) in [5, 5.41) is 13.0. The van der Waals surface area contributed by atoms with Crippen molar-refractivity contribution in [2.45, 2.75) is 38.1 Å². The summed E-state index contributed by atoms with van der Waals surface area (Å²) in [6, 6.07) is 77.5. The third-order valence-electron chi connectivity index (χ3n) is 17.3. The number of para-hydroxylation sites is 5. The number of anilines is 2. The number of allylic oxidation sites excluding steroid dienone is 3. The van der Waals surface area contributed by atoms with Gasteiger partial charge in [0.1, 0.15) is 22.3 Å². The monoisotopic (exact) mass is 1000 g/mol. The van der Waals surface area contributed by atoms with Crippen LogP contribution in [0.4, 0.5) is 11.4 Å². The molecule has 5 heteroatoms. The molecule has 4 nitrogen and oxygen atoms in total. The standard InChI is InChI=1S/C72H50N2O2Si/c1-46-19-18-29-59-70(46)56(41-42-77(48-20-4-3-5-21-48,49-36-39-68-60(43-49)54-25-11-16-33-66(54)75-68)50-37-40-69-61(44-50)55-26-12-17-34-67(55)76-69)51-22-6-7-27-57(51)71(59)74-65-32-15-10-28-58(65)62-38-35-47(45-72(62,74)2)73-63-30-13-8-23-52(63)53-24-9-14-31-64(53)73/h3-18,20-40,43-44,46H,19,45H2,1-2H3. The van der Waals surface area contributed by atoms with Gasteiger partial charge in [0.15, 0.2) is 0 Å². The van der Waals surface area contributed by atoms with Crippen molar-refractivity contribution >= 4 is 129 Å². The molecule has 0 saturated heterocycles. The Balaban J connectivity index is 0.957. The first-order valence-electron chi connectivity index (χ1n) is 26.9. The van der Waals surface area contributed by atoms with Crippen LogP contribution in [-0.4, -0.2) is 18.2 Å². The fourth-order valence-corrected chi connectivity index (χ4v) is 17.7. The highest BCUT2D eigenvalue weighted by Crippen LogP contribution is 2.59. The lowest BCUT2D eigenvalue weighted by Gasteiger charge is -2.43. The Hall–Kier alpha value is -9.34. The van der Waals surface area contributed by atoms with E-state index in [0.717, 1.165) is 62.3 Å². The highest BCUT2D eigenvalue weighted by Gasteiger charge is 2.49. The van der Waals surface area contributed by atoms with E-state index in [1.54, 1.807) is 0 Å². The SMILES string of the molecule is CC1CC=Cc2c1c(C#C[Si](c1ccccc1)(c1ccc3oc4ccccc4c3c1)c1ccc3oc4ccccc4c3c1)c1ccccc1c2N1c2ccccc2C2=CC=C(n3c4ccccc4c4ccccc43)CC21C. The number of nitrogens with zero attached hydrogens (tertiary/aromatic N) is 2. The Bertz CT molecular complexity index is 4650. The third-order valence-corrected chi connectivity index (χ3v) is 21.4. The zero-order valence-electron chi connectivity index (χ0n) is 42.7. The molecule has 0 saturated carbocycles. The first-order valence-corrected chi connectivity index (χ1v) is 28.9. The highest BCUT2D eigenvalue weighted by atomic mass is 28.3. The first kappa shape index (κ1) is 44.0. The Morgan fingerprint density at radius 3 is 1.73 bits per heavy atom. The van der Waals surface area contributed by atoms with Crippen molar-refractivity contribution in [3.63, 3.8) is 0 Å². The second-order valence-corrected chi connectivity index (χ2v) is 25.0. The molecule has 364 valence electrons. The van der Waals surface area contributed by atoms with Gasteiger partial charge >= 0.3 is 0 Å². The van der Waals surface area contributed by atoms with Crippen LogP contribution in [0.15, 0.2) is 239 Å². The van der Waals surface area contributed by atoms with Crippen molar-refractivity contribution in [3.05, 3.63) is 253 Å². The van der Waals surface area contributed by atoms with Gasteiger partial charge in [-0.05, 0) is 112 Å². The van der Waals surface area contributed by atoms with Gasteiger partial charge in [0.05, 0.1) is 22.3 Å². The van der Waals surface area contributed by atoms with Gasteiger partial charge in [0, 0.05) is 72.2 Å². The second-order valence-electron chi connectivity index (χ2n) is 21.5. The van der Waals surface area contributed by atoms with Crippen molar-refractivity contribution < 1.29 is 8.83 Å². The average Bonchev–Trinajstić information content (AvgIpc) is 4.43. The maximum absolute atomic E-state index is 6.50. The number of fused-ring (bicyclic) bond motifs is 14. The molecule has 2 unspecified atom stereocenters. The fraction of sp³-hybridized carbons (Fsp3) is 0.0833. The summed E-state index contributed by atoms with van der Waals surface area (Å²) < 4.78 is 15.5. The van der Waals surface area contributed by atoms with Crippen molar-refractivity contribution in [1.29, 1.82) is 0 Å². The molecule has 0 amide bonds. The van der Waals surface area contributed by atoms with E-state index >= 15 is 0 Å². The molecule has 1 aliphatic heterocycles. The zero-order valence-corrected chi connectivity index (χ0v) is 43.7. The number of aromatic nitrogens is 1. The number of hydrogen-bond acceptors (Lipinski definition) is 3. The Kier molecular flexibility index (Phi) is 9.47. The third kappa shape index (κ3) is 6.28. The van der Waals surface area contributed by atoms with Gasteiger partial charge in [-0.3, -0.25) is 0 Å². The summed E-state index contributed by atoms with van der Waals surface area (Å²) in [6.07, 6.45) is 11.3. The van der Waals surface area contributed by atoms with Crippen LogP contribution in [0.1, 0.15) is 54.9 Å². The molecule has 13 aromatic rings. The minimum Gasteiger partial charge on any atom is -0.456 e. The van der Waals surface area contributed by atoms with Crippen LogP contribution in [0.2, 0.25) is 0 Å². The van der Waals surface area contributed by atoms with Crippen LogP contribution in [-0.2, 0) is 0 Å². The molecule has 16 rings (SSSR count). The van der Waals surface area contributed by atoms with Crippen LogP contribution in [0.25, 0.3) is 93.8 Å². The number of rotatable bonds is 5. The minimum absolute atomic E-state index is 0.206. The van der Waals surface area contributed by atoms with E-state index in [-0.39, 0.29) is 5.92 Å². The minimum atomic E-state index is -3.30. The van der Waals surface area contributed by atoms with Crippen LogP contribution >= 0.6 is 0 Å². The van der Waals surface area contributed by atoms with Gasteiger partial charge in [-0.15, -0.1) is 5.54 Å². The summed E-state index contributed by atoms with van der Waals surface area (Å²) in [4.78, 5) is 2.72. The molecule has 0 N–H and O–H groups in total. The van der Waals surface area contributed by atoms with Crippen LogP contribution in [0.3, 0.4) is 0 Å². The predicted octanol–water partition coefficient (Wildman–Crippen LogP) is 16.6. The molecular weight excluding hydrogens is 953 g/mol. The smallest absolute Gasteiger partial charge is 0.230 e. The normalized spacial score (nSPS) is 17.0. The molecule has 10 aromatic carbocycles. The lowest BCUT2D eigenvalue weighted by Crippen LogP contribution is -2.66. The van der Waals surface area contributed by atoms with Gasteiger partial charge in [0.25, 0.3) is 0 Å². The molecule has 3 aromatic heterocycles. The van der Waals surface area contributed by atoms with Gasteiger partial charge in [-0.25, -0.2) is 0 Å². The summed E-state index contributed by atoms with van der Waals surface area (Å²) in [5.41, 5.74) is 19.9. The number of benzene rings is 10. The molecule has 2 atom stereocenters. The first-order chi connectivity index (χ1) is 38.0. The van der Waals surface area contributed by atoms with Gasteiger partial charge in [-0.1, -0.05) is 189 Å². The Morgan fingerprint density at radius 2 is 1.06 bits per heavy atom. The molecule has 2 aliphatic carbocycles. The lowest BCUT2D eigenvalue weighted by atomic mass is 9.78. The van der Waals surface area contributed by atoms with Gasteiger partial charge in [-0.2, -0.15) is 0 Å². The van der Waals surface area contributed by atoms with E-state index in [4.69, 9.17) is 8.83 Å². The van der Waals surface area contributed by atoms with Crippen LogP contribution < -0.4 is 20.5 Å². The summed E-state index contributed by atoms with van der Waals surface area (Å²) in [7, 11) is -3.30. The summed E-state index contributed by atoms with van der Waals surface area (Å²) in [5.74, 6) is 4.40. The highest BCUT2D eigenvalue weighted by molar-refractivity contribution is 7.17. The number of furan rings is 2. The van der Waals surface area contributed by atoms with Gasteiger partial charge in [0.2, 0.25) is 8.07 Å². The molecule has 77 heavy (non-hydrogen) atoms. The molecule has 0 radical (unpaired) electrons. The second kappa shape index (κ2) is 16.6. The predicted molar refractivity (Wildman–Crippen MR) is 325 cm³/mol. The van der Waals surface area contributed by atoms with Gasteiger partial charge < -0.3 is 18.3 Å². The van der Waals surface area contributed by atoms with E-state index in [0.29, 0.717) is 0 Å². The van der Waals surface area contributed by atoms with Crippen molar-refractivity contribution in [2.75, 3.05) is 4.90 Å². The van der Waals surface area contributed by atoms with E-state index in [9.17, 15) is 0 Å². The largest absolute Gasteiger partial charge is 0.456 e. The topological polar surface area (TPSA) is 34.5 Å². The maximum atomic E-state index is 6.50. The van der Waals surface area contributed by atoms with E-state index < -0.39 is 13.6 Å². The molecule has 3 aliphatic rings. The number of hydrogen-bond donors (Lipinski definition) is 0. The molecule has 0 bridgehead atoms. The molecular formula is C72H50N2O2Si. The molecule has 0 fully saturated rings. The van der Waals surface area contributed by atoms with Crippen molar-refractivity contribution in [1.82, 2.24) is 4.57 Å².